The monoisotopic (exact) mass is 296 g/mol. The Hall–Kier alpha value is -2.84. The van der Waals surface area contributed by atoms with Crippen molar-refractivity contribution in [3.63, 3.8) is 0 Å². The summed E-state index contributed by atoms with van der Waals surface area (Å²) in [6.45, 7) is 0. The number of nitrogen functional groups attached to an aromatic ring is 1. The van der Waals surface area contributed by atoms with Gasteiger partial charge in [0.25, 0.3) is 0 Å². The number of aromatic nitrogens is 2. The van der Waals surface area contributed by atoms with Crippen LogP contribution in [0.3, 0.4) is 0 Å². The van der Waals surface area contributed by atoms with Gasteiger partial charge in [0.15, 0.2) is 5.75 Å². The highest BCUT2D eigenvalue weighted by Crippen LogP contribution is 2.33. The Bertz CT molecular complexity index is 873. The third-order valence-electron chi connectivity index (χ3n) is 2.88. The normalized spacial score (nSPS) is 10.3. The number of fused-ring (bicyclic) bond motifs is 1. The summed E-state index contributed by atoms with van der Waals surface area (Å²) >= 11 is 6.13. The maximum absolute atomic E-state index is 9.12. The van der Waals surface area contributed by atoms with Crippen LogP contribution in [0.2, 0.25) is 5.02 Å². The number of hydrogen-bond donors (Lipinski definition) is 1. The Kier molecular flexibility index (Phi) is 3.30. The van der Waals surface area contributed by atoms with Crippen molar-refractivity contribution in [2.24, 2.45) is 0 Å². The van der Waals surface area contributed by atoms with Crippen molar-refractivity contribution < 1.29 is 4.74 Å². The Morgan fingerprint density at radius 3 is 2.90 bits per heavy atom. The largest absolute Gasteiger partial charge is 0.435 e. The molecule has 0 saturated carbocycles. The number of nitriles is 1. The third-order valence-corrected chi connectivity index (χ3v) is 3.21. The average molecular weight is 297 g/mol. The Balaban J connectivity index is 2.11. The van der Waals surface area contributed by atoms with Crippen LogP contribution >= 0.6 is 11.6 Å². The molecule has 1 aromatic carbocycles. The molecule has 0 spiro atoms. The van der Waals surface area contributed by atoms with Crippen molar-refractivity contribution in [1.29, 1.82) is 5.26 Å². The van der Waals surface area contributed by atoms with Crippen LogP contribution in [0.15, 0.2) is 42.7 Å². The minimum atomic E-state index is 0.181. The smallest absolute Gasteiger partial charge is 0.237 e. The van der Waals surface area contributed by atoms with E-state index in [9.17, 15) is 0 Å². The highest BCUT2D eigenvalue weighted by Gasteiger charge is 2.11. The number of hydrogen-bond acceptors (Lipinski definition) is 5. The van der Waals surface area contributed by atoms with E-state index in [0.717, 1.165) is 5.39 Å². The van der Waals surface area contributed by atoms with Crippen molar-refractivity contribution in [2.75, 3.05) is 5.73 Å². The van der Waals surface area contributed by atoms with Gasteiger partial charge in [0.05, 0.1) is 16.9 Å². The van der Waals surface area contributed by atoms with Gasteiger partial charge in [-0.05, 0) is 30.3 Å². The molecule has 0 aliphatic heterocycles. The fourth-order valence-electron chi connectivity index (χ4n) is 1.93. The van der Waals surface area contributed by atoms with Crippen LogP contribution in [-0.4, -0.2) is 9.97 Å². The highest BCUT2D eigenvalue weighted by molar-refractivity contribution is 6.35. The number of ether oxygens (including phenoxy) is 1. The fraction of sp³-hybridized carbons (Fsp3) is 0. The van der Waals surface area contributed by atoms with Gasteiger partial charge < -0.3 is 10.5 Å². The molecule has 0 saturated heterocycles. The number of pyridine rings is 2. The van der Waals surface area contributed by atoms with E-state index >= 15 is 0 Å². The van der Waals surface area contributed by atoms with E-state index in [4.69, 9.17) is 27.3 Å². The van der Waals surface area contributed by atoms with Crippen molar-refractivity contribution >= 4 is 28.2 Å². The SMILES string of the molecule is N#Cc1cc(N)cnc1Oc1ccc(Cl)c2cccnc12. The maximum Gasteiger partial charge on any atom is 0.237 e. The number of halogens is 1. The van der Waals surface area contributed by atoms with Crippen LogP contribution in [0, 0.1) is 11.3 Å². The first kappa shape index (κ1) is 13.2. The van der Waals surface area contributed by atoms with Crippen molar-refractivity contribution in [3.05, 3.63) is 53.3 Å². The van der Waals surface area contributed by atoms with Crippen molar-refractivity contribution in [2.45, 2.75) is 0 Å². The van der Waals surface area contributed by atoms with Crippen LogP contribution in [0.1, 0.15) is 5.56 Å². The van der Waals surface area contributed by atoms with Crippen LogP contribution in [0.4, 0.5) is 5.69 Å². The van der Waals surface area contributed by atoms with E-state index in [2.05, 4.69) is 9.97 Å². The van der Waals surface area contributed by atoms with Gasteiger partial charge >= 0.3 is 0 Å². The maximum atomic E-state index is 9.12. The van der Waals surface area contributed by atoms with Crippen LogP contribution in [0.5, 0.6) is 11.6 Å². The van der Waals surface area contributed by atoms with Gasteiger partial charge in [0.1, 0.15) is 17.1 Å². The molecule has 6 heteroatoms. The average Bonchev–Trinajstić information content (AvgIpc) is 2.52. The molecule has 2 aromatic heterocycles. The molecule has 0 fully saturated rings. The predicted octanol–water partition coefficient (Wildman–Crippen LogP) is 3.53. The van der Waals surface area contributed by atoms with Crippen LogP contribution < -0.4 is 10.5 Å². The second-order valence-corrected chi connectivity index (χ2v) is 4.69. The summed E-state index contributed by atoms with van der Waals surface area (Å²) in [5.41, 5.74) is 6.87. The zero-order valence-corrected chi connectivity index (χ0v) is 11.5. The van der Waals surface area contributed by atoms with Gasteiger partial charge in [-0.2, -0.15) is 5.26 Å². The summed E-state index contributed by atoms with van der Waals surface area (Å²) in [5.74, 6) is 0.657. The zero-order chi connectivity index (χ0) is 14.8. The summed E-state index contributed by atoms with van der Waals surface area (Å²) in [6, 6.07) is 10.6. The number of nitrogens with zero attached hydrogens (tertiary/aromatic N) is 3. The lowest BCUT2D eigenvalue weighted by Gasteiger charge is -2.09. The first-order chi connectivity index (χ1) is 10.2. The zero-order valence-electron chi connectivity index (χ0n) is 10.7. The molecular formula is C15H9ClN4O. The van der Waals surface area contributed by atoms with E-state index in [0.29, 0.717) is 22.0 Å². The first-order valence-electron chi connectivity index (χ1n) is 6.06. The van der Waals surface area contributed by atoms with Crippen molar-refractivity contribution in [3.8, 4) is 17.7 Å². The lowest BCUT2D eigenvalue weighted by molar-refractivity contribution is 0.465. The molecule has 0 aliphatic rings. The second kappa shape index (κ2) is 5.27. The highest BCUT2D eigenvalue weighted by atomic mass is 35.5. The topological polar surface area (TPSA) is 84.8 Å². The molecule has 0 amide bonds. The van der Waals surface area contributed by atoms with Gasteiger partial charge in [0, 0.05) is 11.6 Å². The number of anilines is 1. The predicted molar refractivity (Wildman–Crippen MR) is 80.2 cm³/mol. The van der Waals surface area contributed by atoms with E-state index in [1.807, 2.05) is 12.1 Å². The Morgan fingerprint density at radius 2 is 2.10 bits per heavy atom. The minimum absolute atomic E-state index is 0.181. The molecule has 3 aromatic rings. The second-order valence-electron chi connectivity index (χ2n) is 4.28. The quantitative estimate of drug-likeness (QED) is 0.782. The van der Waals surface area contributed by atoms with Gasteiger partial charge in [-0.1, -0.05) is 11.6 Å². The Labute approximate surface area is 125 Å². The minimum Gasteiger partial charge on any atom is -0.435 e. The summed E-state index contributed by atoms with van der Waals surface area (Å²) in [6.07, 6.45) is 3.08. The van der Waals surface area contributed by atoms with Gasteiger partial charge in [0.2, 0.25) is 5.88 Å². The summed E-state index contributed by atoms with van der Waals surface area (Å²) in [5, 5.41) is 10.5. The van der Waals surface area contributed by atoms with Crippen LogP contribution in [0.25, 0.3) is 10.9 Å². The molecule has 5 nitrogen and oxygen atoms in total. The van der Waals surface area contributed by atoms with E-state index < -0.39 is 0 Å². The molecule has 21 heavy (non-hydrogen) atoms. The summed E-state index contributed by atoms with van der Waals surface area (Å²) < 4.78 is 5.71. The molecule has 0 bridgehead atoms. The third kappa shape index (κ3) is 2.45. The number of rotatable bonds is 2. The summed E-state index contributed by atoms with van der Waals surface area (Å²) in [4.78, 5) is 8.31. The molecule has 0 radical (unpaired) electrons. The van der Waals surface area contributed by atoms with Gasteiger partial charge in [-0.25, -0.2) is 4.98 Å². The molecule has 0 atom stereocenters. The lowest BCUT2D eigenvalue weighted by Crippen LogP contribution is -1.96. The number of nitrogens with two attached hydrogens (primary N) is 1. The van der Waals surface area contributed by atoms with Crippen molar-refractivity contribution in [1.82, 2.24) is 9.97 Å². The van der Waals surface area contributed by atoms with Crippen LogP contribution in [-0.2, 0) is 0 Å². The van der Waals surface area contributed by atoms with E-state index in [1.165, 1.54) is 12.3 Å². The van der Waals surface area contributed by atoms with E-state index in [-0.39, 0.29) is 11.4 Å². The molecular weight excluding hydrogens is 288 g/mol. The molecule has 0 aliphatic carbocycles. The standard InChI is InChI=1S/C15H9ClN4O/c16-12-3-4-13(14-11(12)2-1-5-19-14)21-15-9(7-17)6-10(18)8-20-15/h1-6,8H,18H2. The molecule has 3 rings (SSSR count). The first-order valence-corrected chi connectivity index (χ1v) is 6.43. The summed E-state index contributed by atoms with van der Waals surface area (Å²) in [7, 11) is 0. The lowest BCUT2D eigenvalue weighted by atomic mass is 10.2. The molecule has 102 valence electrons. The fourth-order valence-corrected chi connectivity index (χ4v) is 2.14. The molecule has 2 N–H and O–H groups in total. The van der Waals surface area contributed by atoms with E-state index in [1.54, 1.807) is 24.4 Å². The molecule has 2 heterocycles. The number of benzene rings is 1. The Morgan fingerprint density at radius 1 is 1.24 bits per heavy atom. The molecule has 0 unspecified atom stereocenters. The van der Waals surface area contributed by atoms with Gasteiger partial charge in [-0.3, -0.25) is 4.98 Å². The van der Waals surface area contributed by atoms with Gasteiger partial charge in [-0.15, -0.1) is 0 Å².